The maximum Gasteiger partial charge on any atom is 0.229 e. The Balaban J connectivity index is 0.00000196. The predicted molar refractivity (Wildman–Crippen MR) is 101 cm³/mol. The van der Waals surface area contributed by atoms with Crippen molar-refractivity contribution in [3.05, 3.63) is 23.8 Å². The van der Waals surface area contributed by atoms with Crippen LogP contribution in [0, 0.1) is 17.2 Å². The Morgan fingerprint density at radius 1 is 1.42 bits per heavy atom. The highest BCUT2D eigenvalue weighted by atomic mass is 16.3. The van der Waals surface area contributed by atoms with Gasteiger partial charge in [-0.15, -0.1) is 0 Å². The SMILES string of the molecule is C.CC(O)(CC(=O)Nc1nc2ccc(C#N)cc2n1C1CCC1)C1CC1. The van der Waals surface area contributed by atoms with E-state index in [-0.39, 0.29) is 25.7 Å². The molecule has 0 bridgehead atoms. The Hall–Kier alpha value is -2.39. The molecule has 2 aliphatic carbocycles. The molecule has 2 aliphatic rings. The fourth-order valence-electron chi connectivity index (χ4n) is 3.61. The number of hydrogen-bond donors (Lipinski definition) is 2. The van der Waals surface area contributed by atoms with Gasteiger partial charge in [0.15, 0.2) is 0 Å². The standard InChI is InChI=1S/C19H22N4O2.CH4/c1-19(25,13-6-7-13)10-17(24)22-18-21-15-8-5-12(11-20)9-16(15)23(18)14-3-2-4-14;/h5,8-9,13-14,25H,2-4,6-7,10H2,1H3,(H,21,22,24);1H4. The molecule has 4 rings (SSSR count). The van der Waals surface area contributed by atoms with Gasteiger partial charge in [0.05, 0.1) is 34.7 Å². The number of carbonyl (C=O) groups is 1. The number of amides is 1. The van der Waals surface area contributed by atoms with E-state index in [1.54, 1.807) is 13.0 Å². The third-order valence-corrected chi connectivity index (χ3v) is 5.48. The molecule has 6 heteroatoms. The first-order chi connectivity index (χ1) is 12.0. The Labute approximate surface area is 153 Å². The van der Waals surface area contributed by atoms with Crippen molar-refractivity contribution >= 4 is 22.9 Å². The number of carbonyl (C=O) groups excluding carboxylic acids is 1. The molecule has 1 aromatic carbocycles. The van der Waals surface area contributed by atoms with Crippen LogP contribution in [0.3, 0.4) is 0 Å². The average Bonchev–Trinajstić information content (AvgIpc) is 3.31. The molecule has 1 aromatic heterocycles. The second-order valence-electron chi connectivity index (χ2n) is 7.56. The minimum atomic E-state index is -0.953. The number of hydrogen-bond acceptors (Lipinski definition) is 4. The molecule has 6 nitrogen and oxygen atoms in total. The van der Waals surface area contributed by atoms with E-state index >= 15 is 0 Å². The van der Waals surface area contributed by atoms with Crippen LogP contribution in [0.1, 0.15) is 64.5 Å². The number of rotatable bonds is 5. The lowest BCUT2D eigenvalue weighted by atomic mass is 9.92. The van der Waals surface area contributed by atoms with Crippen LogP contribution >= 0.6 is 0 Å². The van der Waals surface area contributed by atoms with Gasteiger partial charge in [-0.3, -0.25) is 10.1 Å². The number of fused-ring (bicyclic) bond motifs is 1. The fourth-order valence-corrected chi connectivity index (χ4v) is 3.61. The highest BCUT2D eigenvalue weighted by Gasteiger charge is 2.41. The Morgan fingerprint density at radius 2 is 2.15 bits per heavy atom. The van der Waals surface area contributed by atoms with E-state index in [2.05, 4.69) is 16.4 Å². The first kappa shape index (κ1) is 18.4. The highest BCUT2D eigenvalue weighted by Crippen LogP contribution is 2.41. The van der Waals surface area contributed by atoms with Crippen LogP contribution in [0.2, 0.25) is 0 Å². The van der Waals surface area contributed by atoms with E-state index < -0.39 is 5.60 Å². The molecular weight excluding hydrogens is 328 g/mol. The molecule has 26 heavy (non-hydrogen) atoms. The third-order valence-electron chi connectivity index (χ3n) is 5.48. The Bertz CT molecular complexity index is 870. The Kier molecular flexibility index (Phi) is 4.76. The lowest BCUT2D eigenvalue weighted by Gasteiger charge is -2.29. The summed E-state index contributed by atoms with van der Waals surface area (Å²) in [6.45, 7) is 1.73. The third kappa shape index (κ3) is 3.32. The summed E-state index contributed by atoms with van der Waals surface area (Å²) in [5.41, 5.74) is 1.29. The summed E-state index contributed by atoms with van der Waals surface area (Å²) < 4.78 is 2.05. The number of anilines is 1. The van der Waals surface area contributed by atoms with Crippen molar-refractivity contribution in [2.45, 2.75) is 64.5 Å². The maximum absolute atomic E-state index is 12.5. The van der Waals surface area contributed by atoms with Crippen molar-refractivity contribution in [1.82, 2.24) is 9.55 Å². The topological polar surface area (TPSA) is 90.9 Å². The van der Waals surface area contributed by atoms with Crippen molar-refractivity contribution in [3.63, 3.8) is 0 Å². The lowest BCUT2D eigenvalue weighted by molar-refractivity contribution is -0.121. The van der Waals surface area contributed by atoms with Gasteiger partial charge in [0.1, 0.15) is 0 Å². The summed E-state index contributed by atoms with van der Waals surface area (Å²) in [5.74, 6) is 0.529. The molecule has 138 valence electrons. The molecule has 0 aliphatic heterocycles. The van der Waals surface area contributed by atoms with Crippen molar-refractivity contribution in [2.24, 2.45) is 5.92 Å². The maximum atomic E-state index is 12.5. The smallest absolute Gasteiger partial charge is 0.229 e. The van der Waals surface area contributed by atoms with Crippen LogP contribution in [-0.2, 0) is 4.79 Å². The number of aromatic nitrogens is 2. The molecule has 2 N–H and O–H groups in total. The highest BCUT2D eigenvalue weighted by molar-refractivity contribution is 5.92. The van der Waals surface area contributed by atoms with Crippen molar-refractivity contribution in [2.75, 3.05) is 5.32 Å². The zero-order valence-corrected chi connectivity index (χ0v) is 14.3. The van der Waals surface area contributed by atoms with E-state index in [1.165, 1.54) is 0 Å². The molecule has 1 heterocycles. The lowest BCUT2D eigenvalue weighted by Crippen LogP contribution is -2.33. The normalized spacial score (nSPS) is 19.1. The van der Waals surface area contributed by atoms with E-state index in [0.717, 1.165) is 43.1 Å². The van der Waals surface area contributed by atoms with E-state index in [0.29, 0.717) is 17.6 Å². The summed E-state index contributed by atoms with van der Waals surface area (Å²) in [6.07, 6.45) is 5.30. The van der Waals surface area contributed by atoms with Crippen molar-refractivity contribution in [3.8, 4) is 6.07 Å². The number of nitriles is 1. The monoisotopic (exact) mass is 354 g/mol. The van der Waals surface area contributed by atoms with E-state index in [1.807, 2.05) is 16.7 Å². The number of aliphatic hydroxyl groups is 1. The minimum Gasteiger partial charge on any atom is -0.389 e. The molecule has 0 saturated heterocycles. The van der Waals surface area contributed by atoms with Gasteiger partial charge in [-0.25, -0.2) is 4.98 Å². The number of benzene rings is 1. The van der Waals surface area contributed by atoms with E-state index in [4.69, 9.17) is 5.26 Å². The van der Waals surface area contributed by atoms with Gasteiger partial charge in [0.2, 0.25) is 11.9 Å². The van der Waals surface area contributed by atoms with Crippen LogP contribution < -0.4 is 5.32 Å². The zero-order valence-electron chi connectivity index (χ0n) is 14.3. The van der Waals surface area contributed by atoms with Gasteiger partial charge >= 0.3 is 0 Å². The molecule has 2 aromatic rings. The van der Waals surface area contributed by atoms with Crippen LogP contribution in [0.5, 0.6) is 0 Å². The van der Waals surface area contributed by atoms with Gasteiger partial charge in [-0.05, 0) is 63.1 Å². The van der Waals surface area contributed by atoms with Gasteiger partial charge in [-0.1, -0.05) is 7.43 Å². The molecule has 2 fully saturated rings. The first-order valence-corrected chi connectivity index (χ1v) is 8.92. The molecular formula is C20H26N4O2. The predicted octanol–water partition coefficient (Wildman–Crippen LogP) is 3.76. The molecule has 0 spiro atoms. The second kappa shape index (κ2) is 6.73. The quantitative estimate of drug-likeness (QED) is 0.855. The summed E-state index contributed by atoms with van der Waals surface area (Å²) in [7, 11) is 0. The van der Waals surface area contributed by atoms with Crippen molar-refractivity contribution in [1.29, 1.82) is 5.26 Å². The van der Waals surface area contributed by atoms with Crippen molar-refractivity contribution < 1.29 is 9.90 Å². The van der Waals surface area contributed by atoms with Gasteiger partial charge in [-0.2, -0.15) is 5.26 Å². The van der Waals surface area contributed by atoms with Gasteiger partial charge in [0.25, 0.3) is 0 Å². The number of nitrogens with one attached hydrogen (secondary N) is 1. The summed E-state index contributed by atoms with van der Waals surface area (Å²) in [4.78, 5) is 17.0. The van der Waals surface area contributed by atoms with Gasteiger partial charge < -0.3 is 9.67 Å². The molecule has 1 unspecified atom stereocenters. The van der Waals surface area contributed by atoms with Crippen LogP contribution in [0.4, 0.5) is 5.95 Å². The summed E-state index contributed by atoms with van der Waals surface area (Å²) >= 11 is 0. The van der Waals surface area contributed by atoms with Crippen LogP contribution in [-0.4, -0.2) is 26.2 Å². The largest absolute Gasteiger partial charge is 0.389 e. The average molecular weight is 354 g/mol. The van der Waals surface area contributed by atoms with Gasteiger partial charge in [0, 0.05) is 6.04 Å². The second-order valence-corrected chi connectivity index (χ2v) is 7.56. The zero-order chi connectivity index (χ0) is 17.6. The van der Waals surface area contributed by atoms with Crippen LogP contribution in [0.25, 0.3) is 11.0 Å². The number of nitrogens with zero attached hydrogens (tertiary/aromatic N) is 3. The molecule has 2 saturated carbocycles. The van der Waals surface area contributed by atoms with Crippen LogP contribution in [0.15, 0.2) is 18.2 Å². The number of imidazole rings is 1. The van der Waals surface area contributed by atoms with E-state index in [9.17, 15) is 9.90 Å². The minimum absolute atomic E-state index is 0. The molecule has 0 radical (unpaired) electrons. The summed E-state index contributed by atoms with van der Waals surface area (Å²) in [5, 5.41) is 22.5. The molecule has 1 atom stereocenters. The fraction of sp³-hybridized carbons (Fsp3) is 0.550. The summed E-state index contributed by atoms with van der Waals surface area (Å²) in [6, 6.07) is 7.85. The first-order valence-electron chi connectivity index (χ1n) is 8.92. The Morgan fingerprint density at radius 3 is 2.73 bits per heavy atom. The molecule has 1 amide bonds.